The number of allylic oxidation sites excluding steroid dienone is 3. The Hall–Kier alpha value is -1.83. The molecule has 1 aliphatic heterocycles. The topological polar surface area (TPSA) is 20.3 Å². The van der Waals surface area contributed by atoms with Gasteiger partial charge in [0, 0.05) is 12.6 Å². The zero-order valence-electron chi connectivity index (χ0n) is 19.3. The highest BCUT2D eigenvalue weighted by molar-refractivity contribution is 6.04. The molecule has 152 valence electrons. The number of amides is 1. The summed E-state index contributed by atoms with van der Waals surface area (Å²) in [6, 6.07) is 8.31. The first-order chi connectivity index (χ1) is 13.0. The Labute approximate surface area is 168 Å². The summed E-state index contributed by atoms with van der Waals surface area (Å²) in [5.74, 6) is 0.929. The molecule has 1 aromatic carbocycles. The zero-order chi connectivity index (χ0) is 21.1. The third-order valence-electron chi connectivity index (χ3n) is 4.74. The molecule has 2 unspecified atom stereocenters. The van der Waals surface area contributed by atoms with Crippen LogP contribution in [-0.4, -0.2) is 13.0 Å². The van der Waals surface area contributed by atoms with E-state index in [9.17, 15) is 4.79 Å². The predicted octanol–water partition coefficient (Wildman–Crippen LogP) is 7.36. The van der Waals surface area contributed by atoms with Gasteiger partial charge in [-0.1, -0.05) is 92.7 Å². The van der Waals surface area contributed by atoms with E-state index < -0.39 is 0 Å². The van der Waals surface area contributed by atoms with E-state index >= 15 is 0 Å². The maximum Gasteiger partial charge on any atom is 0.234 e. The lowest BCUT2D eigenvalue weighted by Gasteiger charge is -2.27. The van der Waals surface area contributed by atoms with E-state index in [-0.39, 0.29) is 11.8 Å². The molecule has 1 aromatic rings. The highest BCUT2D eigenvalue weighted by Gasteiger charge is 2.36. The van der Waals surface area contributed by atoms with Crippen molar-refractivity contribution in [2.24, 2.45) is 17.8 Å². The number of carbonyl (C=O) groups excluding carboxylic acids is 1. The third-order valence-corrected chi connectivity index (χ3v) is 4.74. The molecule has 2 atom stereocenters. The van der Waals surface area contributed by atoms with Crippen molar-refractivity contribution in [2.75, 3.05) is 11.9 Å². The molecule has 3 rings (SSSR count). The van der Waals surface area contributed by atoms with E-state index in [1.165, 1.54) is 16.7 Å². The summed E-state index contributed by atoms with van der Waals surface area (Å²) in [7, 11) is 1.91. The fourth-order valence-corrected chi connectivity index (χ4v) is 3.68. The average Bonchev–Trinajstić information content (AvgIpc) is 2.81. The lowest BCUT2D eigenvalue weighted by Crippen LogP contribution is -2.35. The second kappa shape index (κ2) is 12.5. The van der Waals surface area contributed by atoms with Gasteiger partial charge in [0.15, 0.2) is 0 Å². The van der Waals surface area contributed by atoms with Gasteiger partial charge in [-0.15, -0.1) is 0 Å². The van der Waals surface area contributed by atoms with Crippen molar-refractivity contribution in [1.29, 1.82) is 0 Å². The maximum absolute atomic E-state index is 13.0. The molecule has 1 aliphatic carbocycles. The molecule has 0 bridgehead atoms. The Morgan fingerprint density at radius 2 is 1.56 bits per heavy atom. The first-order valence-corrected chi connectivity index (χ1v) is 10.8. The van der Waals surface area contributed by atoms with Crippen molar-refractivity contribution in [1.82, 2.24) is 0 Å². The number of rotatable bonds is 1. The Morgan fingerprint density at radius 1 is 1.00 bits per heavy atom. The van der Waals surface area contributed by atoms with Gasteiger partial charge in [-0.25, -0.2) is 0 Å². The zero-order valence-corrected chi connectivity index (χ0v) is 19.3. The van der Waals surface area contributed by atoms with Crippen LogP contribution < -0.4 is 4.90 Å². The van der Waals surface area contributed by atoms with Crippen molar-refractivity contribution in [3.8, 4) is 0 Å². The van der Waals surface area contributed by atoms with E-state index in [1.807, 2.05) is 59.6 Å². The number of fused-ring (bicyclic) bond motifs is 2. The summed E-state index contributed by atoms with van der Waals surface area (Å²) >= 11 is 0. The van der Waals surface area contributed by atoms with Gasteiger partial charge in [-0.3, -0.25) is 4.79 Å². The lowest BCUT2D eigenvalue weighted by atomic mass is 9.76. The maximum atomic E-state index is 13.0. The minimum absolute atomic E-state index is 0.0450. The van der Waals surface area contributed by atoms with E-state index in [0.29, 0.717) is 11.8 Å². The van der Waals surface area contributed by atoms with Crippen LogP contribution in [-0.2, 0) is 4.79 Å². The van der Waals surface area contributed by atoms with Gasteiger partial charge in [0.1, 0.15) is 0 Å². The van der Waals surface area contributed by atoms with Gasteiger partial charge in [0.25, 0.3) is 0 Å². The van der Waals surface area contributed by atoms with Crippen LogP contribution in [0.5, 0.6) is 0 Å². The van der Waals surface area contributed by atoms with E-state index in [2.05, 4.69) is 51.1 Å². The summed E-state index contributed by atoms with van der Waals surface area (Å²) in [4.78, 5) is 14.8. The van der Waals surface area contributed by atoms with Crippen molar-refractivity contribution in [3.05, 3.63) is 47.6 Å². The number of nitrogens with zero attached hydrogens (tertiary/aromatic N) is 1. The lowest BCUT2D eigenvalue weighted by molar-refractivity contribution is -0.121. The Balaban J connectivity index is 0.00000103. The smallest absolute Gasteiger partial charge is 0.234 e. The van der Waals surface area contributed by atoms with Gasteiger partial charge >= 0.3 is 0 Å². The van der Waals surface area contributed by atoms with Crippen molar-refractivity contribution in [3.63, 3.8) is 0 Å². The number of anilines is 1. The quantitative estimate of drug-likeness (QED) is 0.505. The van der Waals surface area contributed by atoms with E-state index in [1.54, 1.807) is 0 Å². The van der Waals surface area contributed by atoms with Crippen molar-refractivity contribution < 1.29 is 4.79 Å². The fraction of sp³-hybridized carbons (Fsp3) is 0.560. The van der Waals surface area contributed by atoms with Gasteiger partial charge in [0.05, 0.1) is 11.6 Å². The molecule has 0 saturated carbocycles. The Kier molecular flexibility index (Phi) is 11.7. The molecule has 0 spiro atoms. The van der Waals surface area contributed by atoms with Crippen LogP contribution in [0.2, 0.25) is 0 Å². The fourth-order valence-electron chi connectivity index (χ4n) is 3.68. The summed E-state index contributed by atoms with van der Waals surface area (Å²) < 4.78 is 0. The minimum atomic E-state index is -0.0450. The van der Waals surface area contributed by atoms with E-state index in [4.69, 9.17) is 0 Å². The van der Waals surface area contributed by atoms with Crippen LogP contribution in [0.15, 0.2) is 42.0 Å². The second-order valence-corrected chi connectivity index (χ2v) is 6.54. The minimum Gasteiger partial charge on any atom is -0.314 e. The Morgan fingerprint density at radius 3 is 2.11 bits per heavy atom. The van der Waals surface area contributed by atoms with Crippen LogP contribution in [0.4, 0.5) is 5.69 Å². The highest BCUT2D eigenvalue weighted by Crippen LogP contribution is 2.45. The number of benzene rings is 1. The molecule has 0 radical (unpaired) electrons. The van der Waals surface area contributed by atoms with Gasteiger partial charge in [0.2, 0.25) is 5.91 Å². The van der Waals surface area contributed by atoms with Crippen LogP contribution in [0.3, 0.4) is 0 Å². The monoisotopic (exact) mass is 371 g/mol. The molecule has 0 N–H and O–H groups in total. The molecule has 0 fully saturated rings. The molecular formula is C25H41NO. The summed E-state index contributed by atoms with van der Waals surface area (Å²) in [6.07, 6.45) is 5.46. The van der Waals surface area contributed by atoms with Crippen LogP contribution >= 0.6 is 0 Å². The Bertz CT molecular complexity index is 639. The standard InChI is InChI=1S/C19H23NO.3C2H6/c1-12(2)17-15-10-7-8-13(3)18(15)14-9-5-6-11-16(14)20(4)19(17)21;3*1-2/h5-7,9-13,17H,8H2,1-4H3;3*1-2H3. The molecule has 0 aromatic heterocycles. The van der Waals surface area contributed by atoms with Gasteiger partial charge in [-0.05, 0) is 35.5 Å². The number of carbonyl (C=O) groups is 1. The molecular weight excluding hydrogens is 330 g/mol. The SMILES string of the molecule is CC.CC.CC.CC1CC=CC2=C1c1ccccc1N(C)C(=O)C2C(C)C. The van der Waals surface area contributed by atoms with Gasteiger partial charge in [-0.2, -0.15) is 0 Å². The summed E-state index contributed by atoms with van der Waals surface area (Å²) in [5.41, 5.74) is 4.86. The molecule has 2 aliphatic rings. The highest BCUT2D eigenvalue weighted by atomic mass is 16.2. The van der Waals surface area contributed by atoms with Crippen molar-refractivity contribution in [2.45, 2.75) is 68.7 Å². The summed E-state index contributed by atoms with van der Waals surface area (Å²) in [6.45, 7) is 18.6. The van der Waals surface area contributed by atoms with Crippen LogP contribution in [0, 0.1) is 17.8 Å². The molecule has 1 heterocycles. The molecule has 27 heavy (non-hydrogen) atoms. The molecule has 2 heteroatoms. The molecule has 2 nitrogen and oxygen atoms in total. The first-order valence-electron chi connectivity index (χ1n) is 10.8. The van der Waals surface area contributed by atoms with Gasteiger partial charge < -0.3 is 4.90 Å². The summed E-state index contributed by atoms with van der Waals surface area (Å²) in [5, 5.41) is 0. The van der Waals surface area contributed by atoms with Crippen molar-refractivity contribution >= 4 is 17.2 Å². The molecule has 1 amide bonds. The van der Waals surface area contributed by atoms with Crippen LogP contribution in [0.1, 0.15) is 74.3 Å². The molecule has 0 saturated heterocycles. The number of para-hydroxylation sites is 1. The normalized spacial score (nSPS) is 20.1. The second-order valence-electron chi connectivity index (χ2n) is 6.54. The average molecular weight is 372 g/mol. The largest absolute Gasteiger partial charge is 0.314 e. The predicted molar refractivity (Wildman–Crippen MR) is 122 cm³/mol. The van der Waals surface area contributed by atoms with Crippen LogP contribution in [0.25, 0.3) is 5.57 Å². The number of hydrogen-bond acceptors (Lipinski definition) is 1. The third kappa shape index (κ3) is 5.34. The first kappa shape index (κ1) is 25.2. The van der Waals surface area contributed by atoms with E-state index in [0.717, 1.165) is 12.1 Å². The number of hydrogen-bond donors (Lipinski definition) is 0.